The molecule has 2 atom stereocenters. The SMILES string of the molecule is CC(Oc1ccc([C@@H](C)O)cc1)C(=O)NCc1ccco1. The fourth-order valence-corrected chi connectivity index (χ4v) is 1.81. The van der Waals surface area contributed by atoms with Crippen molar-refractivity contribution >= 4 is 5.91 Å². The first-order chi connectivity index (χ1) is 10.1. The highest BCUT2D eigenvalue weighted by molar-refractivity contribution is 5.80. The Balaban J connectivity index is 1.85. The van der Waals surface area contributed by atoms with Crippen LogP contribution in [0.4, 0.5) is 0 Å². The number of hydrogen-bond donors (Lipinski definition) is 2. The molecule has 0 saturated carbocycles. The molecule has 112 valence electrons. The molecule has 0 bridgehead atoms. The van der Waals surface area contributed by atoms with Crippen LogP contribution >= 0.6 is 0 Å². The topological polar surface area (TPSA) is 71.7 Å². The van der Waals surface area contributed by atoms with E-state index < -0.39 is 12.2 Å². The van der Waals surface area contributed by atoms with E-state index in [1.54, 1.807) is 56.5 Å². The van der Waals surface area contributed by atoms with Crippen LogP contribution in [0.25, 0.3) is 0 Å². The molecule has 0 spiro atoms. The zero-order chi connectivity index (χ0) is 15.2. The zero-order valence-electron chi connectivity index (χ0n) is 12.1. The summed E-state index contributed by atoms with van der Waals surface area (Å²) >= 11 is 0. The maximum absolute atomic E-state index is 11.9. The van der Waals surface area contributed by atoms with Gasteiger partial charge in [0.05, 0.1) is 18.9 Å². The molecule has 2 aromatic rings. The molecular weight excluding hydrogens is 270 g/mol. The third-order valence-electron chi connectivity index (χ3n) is 3.06. The van der Waals surface area contributed by atoms with E-state index in [4.69, 9.17) is 9.15 Å². The number of hydrogen-bond acceptors (Lipinski definition) is 4. The Morgan fingerprint density at radius 2 is 2.00 bits per heavy atom. The van der Waals surface area contributed by atoms with Gasteiger partial charge in [0.15, 0.2) is 6.10 Å². The molecule has 1 amide bonds. The van der Waals surface area contributed by atoms with Gasteiger partial charge in [-0.25, -0.2) is 0 Å². The number of aliphatic hydroxyl groups is 1. The second-order valence-corrected chi connectivity index (χ2v) is 4.80. The summed E-state index contributed by atoms with van der Waals surface area (Å²) in [6, 6.07) is 10.6. The van der Waals surface area contributed by atoms with E-state index in [9.17, 15) is 9.90 Å². The van der Waals surface area contributed by atoms with E-state index in [2.05, 4.69) is 5.32 Å². The summed E-state index contributed by atoms with van der Waals surface area (Å²) in [6.45, 7) is 3.71. The Hall–Kier alpha value is -2.27. The van der Waals surface area contributed by atoms with Crippen molar-refractivity contribution in [1.82, 2.24) is 5.32 Å². The average Bonchev–Trinajstić information content (AvgIpc) is 2.98. The molecule has 5 heteroatoms. The first-order valence-corrected chi connectivity index (χ1v) is 6.81. The molecule has 0 saturated heterocycles. The number of amides is 1. The molecule has 2 rings (SSSR count). The van der Waals surface area contributed by atoms with Crippen LogP contribution in [0.1, 0.15) is 31.3 Å². The quantitative estimate of drug-likeness (QED) is 0.856. The van der Waals surface area contributed by atoms with Gasteiger partial charge in [0.2, 0.25) is 0 Å². The highest BCUT2D eigenvalue weighted by Crippen LogP contribution is 2.18. The minimum atomic E-state index is -0.614. The van der Waals surface area contributed by atoms with E-state index >= 15 is 0 Å². The fourth-order valence-electron chi connectivity index (χ4n) is 1.81. The fraction of sp³-hybridized carbons (Fsp3) is 0.312. The Kier molecular flexibility index (Phi) is 5.00. The average molecular weight is 289 g/mol. The van der Waals surface area contributed by atoms with Gasteiger partial charge in [-0.2, -0.15) is 0 Å². The van der Waals surface area contributed by atoms with Gasteiger partial charge in [-0.1, -0.05) is 12.1 Å². The number of nitrogens with one attached hydrogen (secondary N) is 1. The first kappa shape index (κ1) is 15.1. The molecule has 0 aliphatic heterocycles. The molecule has 1 aromatic heterocycles. The molecule has 0 radical (unpaired) electrons. The van der Waals surface area contributed by atoms with E-state index in [0.29, 0.717) is 18.1 Å². The third-order valence-corrected chi connectivity index (χ3v) is 3.06. The Labute approximate surface area is 123 Å². The predicted molar refractivity (Wildman–Crippen MR) is 77.7 cm³/mol. The zero-order valence-corrected chi connectivity index (χ0v) is 12.1. The molecule has 1 aromatic carbocycles. The third kappa shape index (κ3) is 4.36. The van der Waals surface area contributed by atoms with Crippen molar-refractivity contribution < 1.29 is 19.1 Å². The number of ether oxygens (including phenoxy) is 1. The van der Waals surface area contributed by atoms with Crippen molar-refractivity contribution in [1.29, 1.82) is 0 Å². The van der Waals surface area contributed by atoms with E-state index in [-0.39, 0.29) is 5.91 Å². The number of rotatable bonds is 6. The van der Waals surface area contributed by atoms with Crippen molar-refractivity contribution in [3.05, 3.63) is 54.0 Å². The van der Waals surface area contributed by atoms with Crippen molar-refractivity contribution in [2.75, 3.05) is 0 Å². The largest absolute Gasteiger partial charge is 0.481 e. The number of furan rings is 1. The Morgan fingerprint density at radius 1 is 1.29 bits per heavy atom. The summed E-state index contributed by atoms with van der Waals surface area (Å²) in [6.07, 6.45) is 0.427. The Morgan fingerprint density at radius 3 is 2.57 bits per heavy atom. The molecule has 2 N–H and O–H groups in total. The molecule has 1 unspecified atom stereocenters. The first-order valence-electron chi connectivity index (χ1n) is 6.81. The minimum Gasteiger partial charge on any atom is -0.481 e. The highest BCUT2D eigenvalue weighted by atomic mass is 16.5. The maximum atomic E-state index is 11.9. The molecule has 5 nitrogen and oxygen atoms in total. The number of benzene rings is 1. The second kappa shape index (κ2) is 6.95. The lowest BCUT2D eigenvalue weighted by Crippen LogP contribution is -2.35. The van der Waals surface area contributed by atoms with Crippen LogP contribution in [0.5, 0.6) is 5.75 Å². The van der Waals surface area contributed by atoms with Gasteiger partial charge in [-0.15, -0.1) is 0 Å². The number of carbonyl (C=O) groups is 1. The maximum Gasteiger partial charge on any atom is 0.261 e. The van der Waals surface area contributed by atoms with Gasteiger partial charge >= 0.3 is 0 Å². The minimum absolute atomic E-state index is 0.217. The van der Waals surface area contributed by atoms with E-state index in [1.165, 1.54) is 0 Å². The monoisotopic (exact) mass is 289 g/mol. The smallest absolute Gasteiger partial charge is 0.261 e. The van der Waals surface area contributed by atoms with Crippen molar-refractivity contribution in [3.63, 3.8) is 0 Å². The lowest BCUT2D eigenvalue weighted by molar-refractivity contribution is -0.127. The van der Waals surface area contributed by atoms with Crippen LogP contribution in [0.15, 0.2) is 47.1 Å². The molecule has 0 aliphatic carbocycles. The van der Waals surface area contributed by atoms with Gasteiger partial charge in [-0.3, -0.25) is 4.79 Å². The van der Waals surface area contributed by atoms with Crippen molar-refractivity contribution in [2.45, 2.75) is 32.6 Å². The van der Waals surface area contributed by atoms with Gasteiger partial charge in [0, 0.05) is 0 Å². The van der Waals surface area contributed by atoms with Crippen LogP contribution < -0.4 is 10.1 Å². The van der Waals surface area contributed by atoms with Gasteiger partial charge in [-0.05, 0) is 43.7 Å². The molecule has 1 heterocycles. The van der Waals surface area contributed by atoms with Crippen LogP contribution in [-0.2, 0) is 11.3 Å². The van der Waals surface area contributed by atoms with E-state index in [1.807, 2.05) is 0 Å². The summed E-state index contributed by atoms with van der Waals surface area (Å²) in [5.74, 6) is 1.06. The summed E-state index contributed by atoms with van der Waals surface area (Å²) < 4.78 is 10.7. The van der Waals surface area contributed by atoms with Crippen molar-refractivity contribution in [2.24, 2.45) is 0 Å². The van der Waals surface area contributed by atoms with Crippen LogP contribution in [0.2, 0.25) is 0 Å². The molecule has 0 fully saturated rings. The van der Waals surface area contributed by atoms with Crippen molar-refractivity contribution in [3.8, 4) is 5.75 Å². The summed E-state index contributed by atoms with van der Waals surface area (Å²) in [4.78, 5) is 11.9. The van der Waals surface area contributed by atoms with Crippen LogP contribution in [0.3, 0.4) is 0 Å². The van der Waals surface area contributed by atoms with Gasteiger partial charge in [0.25, 0.3) is 5.91 Å². The standard InChI is InChI=1S/C16H19NO4/c1-11(18)13-5-7-14(8-6-13)21-12(2)16(19)17-10-15-4-3-9-20-15/h3-9,11-12,18H,10H2,1-2H3,(H,17,19)/t11-,12?/m1/s1. The lowest BCUT2D eigenvalue weighted by atomic mass is 10.1. The van der Waals surface area contributed by atoms with Crippen LogP contribution in [0, 0.1) is 0 Å². The summed E-state index contributed by atoms with van der Waals surface area (Å²) in [5.41, 5.74) is 0.803. The van der Waals surface area contributed by atoms with Gasteiger partial charge < -0.3 is 19.6 Å². The number of aliphatic hydroxyl groups excluding tert-OH is 1. The lowest BCUT2D eigenvalue weighted by Gasteiger charge is -2.15. The normalized spacial score (nSPS) is 13.5. The molecular formula is C16H19NO4. The van der Waals surface area contributed by atoms with Crippen LogP contribution in [-0.4, -0.2) is 17.1 Å². The summed E-state index contributed by atoms with van der Waals surface area (Å²) in [7, 11) is 0. The highest BCUT2D eigenvalue weighted by Gasteiger charge is 2.14. The molecule has 0 aliphatic rings. The second-order valence-electron chi connectivity index (χ2n) is 4.80. The van der Waals surface area contributed by atoms with E-state index in [0.717, 1.165) is 5.56 Å². The predicted octanol–water partition coefficient (Wildman–Crippen LogP) is 2.42. The van der Waals surface area contributed by atoms with Gasteiger partial charge in [0.1, 0.15) is 11.5 Å². The number of carbonyl (C=O) groups excluding carboxylic acids is 1. The Bertz CT molecular complexity index is 560. The summed E-state index contributed by atoms with van der Waals surface area (Å²) in [5, 5.41) is 12.2. The molecule has 21 heavy (non-hydrogen) atoms.